The standard InChI is InChI=1S/C27H30N4O5/c1-17-6-4-5-7-23(17)30-27(35)31-24-13-8-19(15-25(24)36-3)14-22(32)16-28-18(2)29-21-11-9-20(10-12-21)26(33)34/h4-13,15,18,28-29H,14,16H2,1-3H3,(H,33,34)(H2,30,31,35). The molecule has 2 amide bonds. The number of ether oxygens (including phenoxy) is 1. The van der Waals surface area contributed by atoms with Crippen LogP contribution in [0.25, 0.3) is 0 Å². The van der Waals surface area contributed by atoms with Gasteiger partial charge in [0, 0.05) is 17.8 Å². The van der Waals surface area contributed by atoms with E-state index in [0.717, 1.165) is 16.8 Å². The van der Waals surface area contributed by atoms with Crippen LogP contribution in [-0.4, -0.2) is 42.7 Å². The van der Waals surface area contributed by atoms with Crippen molar-refractivity contribution in [3.63, 3.8) is 0 Å². The topological polar surface area (TPSA) is 129 Å². The van der Waals surface area contributed by atoms with Crippen molar-refractivity contribution in [1.29, 1.82) is 0 Å². The van der Waals surface area contributed by atoms with E-state index in [-0.39, 0.29) is 30.5 Å². The zero-order valence-corrected chi connectivity index (χ0v) is 20.4. The summed E-state index contributed by atoms with van der Waals surface area (Å²) in [4.78, 5) is 35.9. The number of Topliss-reactive ketones (excluding diaryl/α,β-unsaturated/α-hetero) is 1. The van der Waals surface area contributed by atoms with Crippen LogP contribution in [0.15, 0.2) is 66.7 Å². The summed E-state index contributed by atoms with van der Waals surface area (Å²) in [6, 6.07) is 18.7. The molecule has 0 saturated carbocycles. The van der Waals surface area contributed by atoms with Gasteiger partial charge in [-0.05, 0) is 67.4 Å². The van der Waals surface area contributed by atoms with Gasteiger partial charge in [-0.2, -0.15) is 0 Å². The van der Waals surface area contributed by atoms with E-state index in [1.165, 1.54) is 19.2 Å². The van der Waals surface area contributed by atoms with Crippen molar-refractivity contribution in [3.8, 4) is 5.75 Å². The fourth-order valence-electron chi connectivity index (χ4n) is 3.51. The van der Waals surface area contributed by atoms with Crippen molar-refractivity contribution in [2.75, 3.05) is 29.6 Å². The Kier molecular flexibility index (Phi) is 9.01. The molecular formula is C27H30N4O5. The fraction of sp³-hybridized carbons (Fsp3) is 0.222. The average Bonchev–Trinajstić information content (AvgIpc) is 2.85. The molecule has 1 unspecified atom stereocenters. The Morgan fingerprint density at radius 1 is 0.944 bits per heavy atom. The number of amides is 2. The first-order valence-electron chi connectivity index (χ1n) is 11.4. The van der Waals surface area contributed by atoms with Crippen molar-refractivity contribution in [2.45, 2.75) is 26.4 Å². The third-order valence-corrected chi connectivity index (χ3v) is 5.43. The second-order valence-corrected chi connectivity index (χ2v) is 8.27. The maximum Gasteiger partial charge on any atom is 0.335 e. The average molecular weight is 491 g/mol. The van der Waals surface area contributed by atoms with Crippen LogP contribution in [-0.2, 0) is 11.2 Å². The Morgan fingerprint density at radius 2 is 1.64 bits per heavy atom. The molecule has 5 N–H and O–H groups in total. The molecule has 0 spiro atoms. The zero-order valence-electron chi connectivity index (χ0n) is 20.4. The number of urea groups is 1. The van der Waals surface area contributed by atoms with Gasteiger partial charge in [-0.3, -0.25) is 10.1 Å². The highest BCUT2D eigenvalue weighted by molar-refractivity contribution is 6.01. The van der Waals surface area contributed by atoms with Crippen molar-refractivity contribution in [1.82, 2.24) is 5.32 Å². The lowest BCUT2D eigenvalue weighted by atomic mass is 10.1. The summed E-state index contributed by atoms with van der Waals surface area (Å²) in [5.74, 6) is -0.553. The van der Waals surface area contributed by atoms with Crippen LogP contribution in [0.3, 0.4) is 0 Å². The Labute approximate surface area is 209 Å². The predicted octanol–water partition coefficient (Wildman–Crippen LogP) is 4.51. The van der Waals surface area contributed by atoms with Gasteiger partial charge in [0.05, 0.1) is 31.1 Å². The number of methoxy groups -OCH3 is 1. The number of aromatic carboxylic acids is 1. The monoisotopic (exact) mass is 490 g/mol. The first-order valence-corrected chi connectivity index (χ1v) is 11.4. The van der Waals surface area contributed by atoms with Gasteiger partial charge in [-0.1, -0.05) is 24.3 Å². The number of para-hydroxylation sites is 1. The largest absolute Gasteiger partial charge is 0.495 e. The fourth-order valence-corrected chi connectivity index (χ4v) is 3.51. The Bertz CT molecular complexity index is 1230. The van der Waals surface area contributed by atoms with E-state index in [1.54, 1.807) is 30.3 Å². The predicted molar refractivity (Wildman–Crippen MR) is 140 cm³/mol. The van der Waals surface area contributed by atoms with Crippen LogP contribution in [0.2, 0.25) is 0 Å². The quantitative estimate of drug-likeness (QED) is 0.250. The summed E-state index contributed by atoms with van der Waals surface area (Å²) in [6.45, 7) is 3.92. The maximum atomic E-state index is 12.5. The number of benzene rings is 3. The van der Waals surface area contributed by atoms with Crippen molar-refractivity contribution >= 4 is 34.8 Å². The number of hydrogen-bond donors (Lipinski definition) is 5. The number of aryl methyl sites for hydroxylation is 1. The first kappa shape index (κ1) is 26.2. The highest BCUT2D eigenvalue weighted by Crippen LogP contribution is 2.26. The molecule has 0 aliphatic rings. The van der Waals surface area contributed by atoms with Crippen molar-refractivity contribution in [3.05, 3.63) is 83.4 Å². The molecular weight excluding hydrogens is 460 g/mol. The van der Waals surface area contributed by atoms with E-state index in [1.807, 2.05) is 38.1 Å². The van der Waals surface area contributed by atoms with Crippen LogP contribution in [0.1, 0.15) is 28.4 Å². The van der Waals surface area contributed by atoms with Gasteiger partial charge in [-0.15, -0.1) is 0 Å². The van der Waals surface area contributed by atoms with E-state index >= 15 is 0 Å². The number of carbonyl (C=O) groups is 3. The Balaban J connectivity index is 1.50. The molecule has 0 aromatic heterocycles. The number of rotatable bonds is 11. The molecule has 188 valence electrons. The second-order valence-electron chi connectivity index (χ2n) is 8.27. The molecule has 0 radical (unpaired) electrons. The normalized spacial score (nSPS) is 11.3. The van der Waals surface area contributed by atoms with Gasteiger partial charge < -0.3 is 25.8 Å². The smallest absolute Gasteiger partial charge is 0.335 e. The molecule has 1 atom stereocenters. The molecule has 9 heteroatoms. The van der Waals surface area contributed by atoms with Crippen molar-refractivity contribution in [2.24, 2.45) is 0 Å². The highest BCUT2D eigenvalue weighted by Gasteiger charge is 2.12. The third kappa shape index (κ3) is 7.57. The van der Waals surface area contributed by atoms with E-state index in [4.69, 9.17) is 9.84 Å². The van der Waals surface area contributed by atoms with E-state index in [9.17, 15) is 14.4 Å². The van der Waals surface area contributed by atoms with Gasteiger partial charge >= 0.3 is 12.0 Å². The summed E-state index contributed by atoms with van der Waals surface area (Å²) >= 11 is 0. The number of nitrogens with one attached hydrogen (secondary N) is 4. The number of anilines is 3. The molecule has 36 heavy (non-hydrogen) atoms. The lowest BCUT2D eigenvalue weighted by Gasteiger charge is -2.17. The van der Waals surface area contributed by atoms with Gasteiger partial charge in [0.25, 0.3) is 0 Å². The molecule has 0 aliphatic heterocycles. The van der Waals surface area contributed by atoms with Gasteiger partial charge in [0.2, 0.25) is 0 Å². The molecule has 0 fully saturated rings. The SMILES string of the molecule is COc1cc(CC(=O)CNC(C)Nc2ccc(C(=O)O)cc2)ccc1NC(=O)Nc1ccccc1C. The number of hydrogen-bond acceptors (Lipinski definition) is 6. The molecule has 0 aliphatic carbocycles. The van der Waals surface area contributed by atoms with Crippen molar-refractivity contribution < 1.29 is 24.2 Å². The van der Waals surface area contributed by atoms with Gasteiger partial charge in [0.1, 0.15) is 5.75 Å². The number of carboxylic acid groups (broad SMARTS) is 1. The summed E-state index contributed by atoms with van der Waals surface area (Å²) in [7, 11) is 1.50. The Morgan fingerprint density at radius 3 is 2.31 bits per heavy atom. The van der Waals surface area contributed by atoms with Crippen LogP contribution >= 0.6 is 0 Å². The third-order valence-electron chi connectivity index (χ3n) is 5.43. The molecule has 0 bridgehead atoms. The highest BCUT2D eigenvalue weighted by atomic mass is 16.5. The summed E-state index contributed by atoms with van der Waals surface area (Å²) in [5.41, 5.74) is 3.86. The number of carbonyl (C=O) groups excluding carboxylic acids is 2. The minimum absolute atomic E-state index is 0.0232. The van der Waals surface area contributed by atoms with Gasteiger partial charge in [0.15, 0.2) is 5.78 Å². The number of ketones is 1. The molecule has 0 heterocycles. The molecule has 0 saturated heterocycles. The van der Waals surface area contributed by atoms with Crippen LogP contribution in [0.4, 0.5) is 21.9 Å². The summed E-state index contributed by atoms with van der Waals surface area (Å²) < 4.78 is 5.41. The molecule has 9 nitrogen and oxygen atoms in total. The minimum Gasteiger partial charge on any atom is -0.495 e. The summed E-state index contributed by atoms with van der Waals surface area (Å²) in [5, 5.41) is 20.8. The van der Waals surface area contributed by atoms with E-state index in [0.29, 0.717) is 17.1 Å². The first-order chi connectivity index (χ1) is 17.2. The van der Waals surface area contributed by atoms with Crippen LogP contribution in [0.5, 0.6) is 5.75 Å². The maximum absolute atomic E-state index is 12.5. The van der Waals surface area contributed by atoms with E-state index < -0.39 is 12.0 Å². The lowest BCUT2D eigenvalue weighted by Crippen LogP contribution is -2.37. The second kappa shape index (κ2) is 12.4. The van der Waals surface area contributed by atoms with Crippen LogP contribution in [0, 0.1) is 6.92 Å². The Hall–Kier alpha value is -4.37. The van der Waals surface area contributed by atoms with Crippen LogP contribution < -0.4 is 26.0 Å². The zero-order chi connectivity index (χ0) is 26.1. The lowest BCUT2D eigenvalue weighted by molar-refractivity contribution is -0.117. The number of carboxylic acids is 1. The molecule has 3 rings (SSSR count). The molecule has 3 aromatic carbocycles. The van der Waals surface area contributed by atoms with E-state index in [2.05, 4.69) is 21.3 Å². The van der Waals surface area contributed by atoms with Gasteiger partial charge in [-0.25, -0.2) is 9.59 Å². The summed E-state index contributed by atoms with van der Waals surface area (Å²) in [6.07, 6.45) is -0.0171. The minimum atomic E-state index is -0.982. The molecule has 3 aromatic rings.